The fraction of sp³-hybridized carbons (Fsp3) is 0.875. The molecule has 2 aliphatic rings. The van der Waals surface area contributed by atoms with Crippen LogP contribution >= 0.6 is 0 Å². The fourth-order valence-corrected chi connectivity index (χ4v) is 3.22. The van der Waals surface area contributed by atoms with Gasteiger partial charge in [0.1, 0.15) is 0 Å². The number of nitrogens with zero attached hydrogens (tertiary/aromatic N) is 2. The number of hydrogen-bond donors (Lipinski definition) is 1. The standard InChI is InChI=1S/C16H29N3/c1-2-10-18-14-7-16(8-15-18)17-9-6-13-19-11-4-3-5-12-19/h1,16-17H,3-15H2. The minimum absolute atomic E-state index is 0.718. The number of piperidine rings is 2. The molecule has 0 radical (unpaired) electrons. The van der Waals surface area contributed by atoms with Crippen LogP contribution in [-0.4, -0.2) is 61.7 Å². The van der Waals surface area contributed by atoms with Gasteiger partial charge in [-0.15, -0.1) is 6.42 Å². The molecule has 0 bridgehead atoms. The van der Waals surface area contributed by atoms with Crippen LogP contribution in [0.5, 0.6) is 0 Å². The van der Waals surface area contributed by atoms with Crippen molar-refractivity contribution < 1.29 is 0 Å². The second-order valence-corrected chi connectivity index (χ2v) is 5.96. The maximum atomic E-state index is 5.35. The summed E-state index contributed by atoms with van der Waals surface area (Å²) in [7, 11) is 0. The van der Waals surface area contributed by atoms with Crippen molar-refractivity contribution in [3.8, 4) is 12.3 Å². The molecule has 2 heterocycles. The Kier molecular flexibility index (Phi) is 6.70. The zero-order valence-electron chi connectivity index (χ0n) is 12.2. The normalized spacial score (nSPS) is 23.3. The smallest absolute Gasteiger partial charge is 0.0598 e. The summed E-state index contributed by atoms with van der Waals surface area (Å²) in [4.78, 5) is 5.01. The van der Waals surface area contributed by atoms with Crippen LogP contribution in [0.4, 0.5) is 0 Å². The van der Waals surface area contributed by atoms with Crippen LogP contribution < -0.4 is 5.32 Å². The molecule has 0 unspecified atom stereocenters. The van der Waals surface area contributed by atoms with Gasteiger partial charge in [-0.2, -0.15) is 0 Å². The molecular weight excluding hydrogens is 234 g/mol. The molecule has 2 aliphatic heterocycles. The van der Waals surface area contributed by atoms with E-state index in [1.165, 1.54) is 64.7 Å². The molecule has 2 fully saturated rings. The molecule has 3 nitrogen and oxygen atoms in total. The molecule has 2 rings (SSSR count). The van der Waals surface area contributed by atoms with E-state index in [4.69, 9.17) is 6.42 Å². The van der Waals surface area contributed by atoms with Crippen LogP contribution in [0.2, 0.25) is 0 Å². The van der Waals surface area contributed by atoms with E-state index >= 15 is 0 Å². The molecule has 0 saturated carbocycles. The number of hydrogen-bond acceptors (Lipinski definition) is 3. The molecule has 0 atom stereocenters. The van der Waals surface area contributed by atoms with Crippen molar-refractivity contribution in [1.29, 1.82) is 0 Å². The highest BCUT2D eigenvalue weighted by molar-refractivity contribution is 4.90. The average molecular weight is 263 g/mol. The first-order valence-electron chi connectivity index (χ1n) is 8.00. The summed E-state index contributed by atoms with van der Waals surface area (Å²) in [5.74, 6) is 2.74. The minimum atomic E-state index is 0.718. The van der Waals surface area contributed by atoms with Crippen LogP contribution in [0.15, 0.2) is 0 Å². The van der Waals surface area contributed by atoms with Crippen molar-refractivity contribution in [3.63, 3.8) is 0 Å². The maximum Gasteiger partial charge on any atom is 0.0598 e. The van der Waals surface area contributed by atoms with E-state index in [0.29, 0.717) is 0 Å². The molecule has 0 spiro atoms. The molecule has 0 aromatic carbocycles. The summed E-state index contributed by atoms with van der Waals surface area (Å²) in [6.45, 7) is 8.25. The molecule has 3 heteroatoms. The predicted molar refractivity (Wildman–Crippen MR) is 81.2 cm³/mol. The van der Waals surface area contributed by atoms with Crippen LogP contribution in [0.1, 0.15) is 38.5 Å². The van der Waals surface area contributed by atoms with E-state index in [2.05, 4.69) is 21.0 Å². The Balaban J connectivity index is 1.49. The largest absolute Gasteiger partial charge is 0.314 e. The Hall–Kier alpha value is -0.560. The minimum Gasteiger partial charge on any atom is -0.314 e. The van der Waals surface area contributed by atoms with Gasteiger partial charge in [0.25, 0.3) is 0 Å². The van der Waals surface area contributed by atoms with E-state index in [1.54, 1.807) is 0 Å². The summed E-state index contributed by atoms with van der Waals surface area (Å²) in [5, 5.41) is 3.72. The van der Waals surface area contributed by atoms with Crippen molar-refractivity contribution in [2.75, 3.05) is 45.8 Å². The zero-order chi connectivity index (χ0) is 13.3. The second kappa shape index (κ2) is 8.58. The first-order chi connectivity index (χ1) is 9.38. The monoisotopic (exact) mass is 263 g/mol. The molecule has 108 valence electrons. The van der Waals surface area contributed by atoms with Crippen LogP contribution in [0.25, 0.3) is 0 Å². The van der Waals surface area contributed by atoms with Crippen LogP contribution in [-0.2, 0) is 0 Å². The molecule has 0 aromatic heterocycles. The molecule has 0 aromatic rings. The SMILES string of the molecule is C#CCN1CCC(NCCCN2CCCCC2)CC1. The van der Waals surface area contributed by atoms with E-state index in [9.17, 15) is 0 Å². The topological polar surface area (TPSA) is 18.5 Å². The summed E-state index contributed by atoms with van der Waals surface area (Å²) in [5.41, 5.74) is 0. The van der Waals surface area contributed by atoms with Crippen molar-refractivity contribution in [2.45, 2.75) is 44.6 Å². The number of terminal acetylenes is 1. The van der Waals surface area contributed by atoms with Gasteiger partial charge in [-0.25, -0.2) is 0 Å². The van der Waals surface area contributed by atoms with Gasteiger partial charge in [0, 0.05) is 19.1 Å². The van der Waals surface area contributed by atoms with Gasteiger partial charge >= 0.3 is 0 Å². The second-order valence-electron chi connectivity index (χ2n) is 5.96. The maximum absolute atomic E-state index is 5.35. The number of nitrogens with one attached hydrogen (secondary N) is 1. The van der Waals surface area contributed by atoms with E-state index in [0.717, 1.165) is 25.7 Å². The highest BCUT2D eigenvalue weighted by Crippen LogP contribution is 2.10. The predicted octanol–water partition coefficient (Wildman–Crippen LogP) is 1.55. The third-order valence-electron chi connectivity index (χ3n) is 4.44. The quantitative estimate of drug-likeness (QED) is 0.579. The molecule has 0 amide bonds. The van der Waals surface area contributed by atoms with Crippen molar-refractivity contribution in [1.82, 2.24) is 15.1 Å². The van der Waals surface area contributed by atoms with Gasteiger partial charge in [0.15, 0.2) is 0 Å². The highest BCUT2D eigenvalue weighted by atomic mass is 15.1. The van der Waals surface area contributed by atoms with Crippen molar-refractivity contribution in [3.05, 3.63) is 0 Å². The van der Waals surface area contributed by atoms with Crippen molar-refractivity contribution in [2.24, 2.45) is 0 Å². The molecule has 1 N–H and O–H groups in total. The lowest BCUT2D eigenvalue weighted by atomic mass is 10.0. The number of likely N-dealkylation sites (tertiary alicyclic amines) is 2. The highest BCUT2D eigenvalue weighted by Gasteiger charge is 2.17. The Labute approximate surface area is 118 Å². The van der Waals surface area contributed by atoms with E-state index in [-0.39, 0.29) is 0 Å². The van der Waals surface area contributed by atoms with Gasteiger partial charge in [0.05, 0.1) is 6.54 Å². The third-order valence-corrected chi connectivity index (χ3v) is 4.44. The van der Waals surface area contributed by atoms with Gasteiger partial charge in [0.2, 0.25) is 0 Å². The third kappa shape index (κ3) is 5.52. The summed E-state index contributed by atoms with van der Waals surface area (Å²) in [6, 6.07) is 0.718. The molecular formula is C16H29N3. The zero-order valence-corrected chi connectivity index (χ0v) is 12.2. The van der Waals surface area contributed by atoms with Gasteiger partial charge < -0.3 is 10.2 Å². The number of rotatable bonds is 6. The molecule has 19 heavy (non-hydrogen) atoms. The van der Waals surface area contributed by atoms with E-state index in [1.807, 2.05) is 0 Å². The van der Waals surface area contributed by atoms with Crippen molar-refractivity contribution >= 4 is 0 Å². The van der Waals surface area contributed by atoms with Gasteiger partial charge in [-0.1, -0.05) is 12.3 Å². The average Bonchev–Trinajstić information content (AvgIpc) is 2.47. The lowest BCUT2D eigenvalue weighted by Crippen LogP contribution is -2.43. The summed E-state index contributed by atoms with van der Waals surface area (Å²) < 4.78 is 0. The molecule has 2 saturated heterocycles. The Morgan fingerprint density at radius 3 is 2.42 bits per heavy atom. The lowest BCUT2D eigenvalue weighted by molar-refractivity contribution is 0.207. The van der Waals surface area contributed by atoms with Gasteiger partial charge in [-0.3, -0.25) is 4.90 Å². The lowest BCUT2D eigenvalue weighted by Gasteiger charge is -2.31. The fourth-order valence-electron chi connectivity index (χ4n) is 3.22. The first-order valence-corrected chi connectivity index (χ1v) is 8.00. The summed E-state index contributed by atoms with van der Waals surface area (Å²) >= 11 is 0. The molecule has 0 aliphatic carbocycles. The Morgan fingerprint density at radius 1 is 1.00 bits per heavy atom. The van der Waals surface area contributed by atoms with Gasteiger partial charge in [-0.05, 0) is 58.3 Å². The van der Waals surface area contributed by atoms with Crippen LogP contribution in [0.3, 0.4) is 0 Å². The van der Waals surface area contributed by atoms with Crippen LogP contribution in [0, 0.1) is 12.3 Å². The van der Waals surface area contributed by atoms with E-state index < -0.39 is 0 Å². The summed E-state index contributed by atoms with van der Waals surface area (Å²) in [6.07, 6.45) is 13.4. The Morgan fingerprint density at radius 2 is 1.74 bits per heavy atom. The first kappa shape index (κ1) is 14.8. The Bertz CT molecular complexity index is 270.